The number of fused-ring (bicyclic) bond motifs is 2. The maximum Gasteiger partial charge on any atom is 0.269 e. The molecule has 2 fully saturated rings. The number of ether oxygens (including phenoxy) is 1. The van der Waals surface area contributed by atoms with Gasteiger partial charge in [0.2, 0.25) is 0 Å². The molecule has 2 bridgehead atoms. The first-order chi connectivity index (χ1) is 10.6. The van der Waals surface area contributed by atoms with E-state index in [1.165, 1.54) is 37.1 Å². The molecule has 0 spiro atoms. The Kier molecular flexibility index (Phi) is 5.79. The molecular formula is C15H20ClN3O4. The fraction of sp³-hybridized carbons (Fsp3) is 0.533. The van der Waals surface area contributed by atoms with Crippen LogP contribution in [0.2, 0.25) is 0 Å². The molecule has 8 heteroatoms. The highest BCUT2D eigenvalue weighted by Crippen LogP contribution is 2.26. The van der Waals surface area contributed by atoms with Gasteiger partial charge >= 0.3 is 0 Å². The van der Waals surface area contributed by atoms with Crippen molar-refractivity contribution in [2.45, 2.75) is 43.8 Å². The summed E-state index contributed by atoms with van der Waals surface area (Å²) in [4.78, 5) is 22.0. The molecule has 2 N–H and O–H groups in total. The van der Waals surface area contributed by atoms with Crippen molar-refractivity contribution in [2.75, 3.05) is 6.61 Å². The van der Waals surface area contributed by atoms with Gasteiger partial charge in [0.15, 0.2) is 6.61 Å². The van der Waals surface area contributed by atoms with Crippen molar-refractivity contribution >= 4 is 24.0 Å². The van der Waals surface area contributed by atoms with E-state index in [2.05, 4.69) is 10.6 Å². The molecule has 1 aromatic carbocycles. The predicted octanol–water partition coefficient (Wildman–Crippen LogP) is 1.79. The van der Waals surface area contributed by atoms with Crippen molar-refractivity contribution in [1.29, 1.82) is 0 Å². The molecule has 2 aliphatic rings. The summed E-state index contributed by atoms with van der Waals surface area (Å²) in [5, 5.41) is 17.1. The molecule has 126 valence electrons. The number of amides is 1. The Morgan fingerprint density at radius 2 is 1.87 bits per heavy atom. The highest BCUT2D eigenvalue weighted by atomic mass is 35.5. The van der Waals surface area contributed by atoms with E-state index in [4.69, 9.17) is 4.74 Å². The van der Waals surface area contributed by atoms with E-state index in [0.717, 1.165) is 12.8 Å². The van der Waals surface area contributed by atoms with Gasteiger partial charge in [0.05, 0.1) is 4.92 Å². The lowest BCUT2D eigenvalue weighted by Crippen LogP contribution is -2.48. The van der Waals surface area contributed by atoms with Gasteiger partial charge in [0.25, 0.3) is 11.6 Å². The number of rotatable bonds is 5. The summed E-state index contributed by atoms with van der Waals surface area (Å²) < 4.78 is 5.36. The number of carbonyl (C=O) groups excluding carboxylic acids is 1. The predicted molar refractivity (Wildman–Crippen MR) is 86.9 cm³/mol. The van der Waals surface area contributed by atoms with Gasteiger partial charge in [0, 0.05) is 30.3 Å². The van der Waals surface area contributed by atoms with Gasteiger partial charge in [-0.2, -0.15) is 0 Å². The summed E-state index contributed by atoms with van der Waals surface area (Å²) in [6, 6.07) is 6.98. The number of hydrogen-bond acceptors (Lipinski definition) is 5. The summed E-state index contributed by atoms with van der Waals surface area (Å²) >= 11 is 0. The second-order valence-electron chi connectivity index (χ2n) is 5.91. The van der Waals surface area contributed by atoms with Crippen LogP contribution in [0.3, 0.4) is 0 Å². The largest absolute Gasteiger partial charge is 0.484 e. The Labute approximate surface area is 140 Å². The zero-order chi connectivity index (χ0) is 15.5. The molecule has 0 aliphatic carbocycles. The monoisotopic (exact) mass is 341 g/mol. The summed E-state index contributed by atoms with van der Waals surface area (Å²) in [6.07, 6.45) is 4.33. The van der Waals surface area contributed by atoms with Crippen LogP contribution in [0.1, 0.15) is 25.7 Å². The highest BCUT2D eigenvalue weighted by molar-refractivity contribution is 5.85. The number of carbonyl (C=O) groups is 1. The van der Waals surface area contributed by atoms with Gasteiger partial charge in [-0.1, -0.05) is 0 Å². The Hall–Kier alpha value is -1.86. The molecule has 3 rings (SSSR count). The minimum atomic E-state index is -0.470. The average molecular weight is 342 g/mol. The fourth-order valence-corrected chi connectivity index (χ4v) is 3.26. The van der Waals surface area contributed by atoms with Crippen molar-refractivity contribution in [3.63, 3.8) is 0 Å². The maximum absolute atomic E-state index is 11.9. The van der Waals surface area contributed by atoms with Gasteiger partial charge in [-0.05, 0) is 37.8 Å². The number of nitro groups is 1. The topological polar surface area (TPSA) is 93.5 Å². The Morgan fingerprint density at radius 1 is 1.26 bits per heavy atom. The standard InChI is InChI=1S/C15H19N3O4.ClH/c19-15(17-12-7-10-1-2-11(8-12)16-10)9-22-14-5-3-13(4-6-14)18(20)21;/h3-6,10-12,16H,1-2,7-9H2,(H,17,19);1H. The van der Waals surface area contributed by atoms with Crippen molar-refractivity contribution in [1.82, 2.24) is 10.6 Å². The van der Waals surface area contributed by atoms with Crippen LogP contribution in [0.4, 0.5) is 5.69 Å². The molecule has 2 unspecified atom stereocenters. The molecule has 0 radical (unpaired) electrons. The third-order valence-electron chi connectivity index (χ3n) is 4.26. The molecule has 1 aromatic rings. The highest BCUT2D eigenvalue weighted by Gasteiger charge is 2.33. The average Bonchev–Trinajstić information content (AvgIpc) is 2.84. The summed E-state index contributed by atoms with van der Waals surface area (Å²) in [6.45, 7) is -0.0723. The maximum atomic E-state index is 11.9. The van der Waals surface area contributed by atoms with E-state index in [0.29, 0.717) is 17.8 Å². The first-order valence-electron chi connectivity index (χ1n) is 7.53. The number of non-ortho nitro benzene ring substituents is 1. The van der Waals surface area contributed by atoms with Crippen molar-refractivity contribution in [3.8, 4) is 5.75 Å². The number of benzene rings is 1. The number of nitro benzene ring substituents is 1. The minimum Gasteiger partial charge on any atom is -0.484 e. The summed E-state index contributed by atoms with van der Waals surface area (Å²) in [5.41, 5.74) is 0.00184. The molecule has 2 aliphatic heterocycles. The summed E-state index contributed by atoms with van der Waals surface area (Å²) in [7, 11) is 0. The third kappa shape index (κ3) is 4.56. The molecular weight excluding hydrogens is 322 g/mol. The first kappa shape index (κ1) is 17.5. The van der Waals surface area contributed by atoms with Crippen molar-refractivity contribution < 1.29 is 14.5 Å². The minimum absolute atomic E-state index is 0. The van der Waals surface area contributed by atoms with E-state index in [9.17, 15) is 14.9 Å². The molecule has 1 amide bonds. The van der Waals surface area contributed by atoms with Gasteiger partial charge in [-0.15, -0.1) is 12.4 Å². The number of piperidine rings is 1. The lowest BCUT2D eigenvalue weighted by Gasteiger charge is -2.29. The molecule has 2 atom stereocenters. The quantitative estimate of drug-likeness (QED) is 0.629. The Balaban J connectivity index is 0.00000192. The van der Waals surface area contributed by atoms with Crippen LogP contribution < -0.4 is 15.4 Å². The normalized spacial score (nSPS) is 25.3. The Morgan fingerprint density at radius 3 is 2.43 bits per heavy atom. The number of nitrogens with one attached hydrogen (secondary N) is 2. The van der Waals surface area contributed by atoms with E-state index < -0.39 is 4.92 Å². The van der Waals surface area contributed by atoms with Crippen LogP contribution >= 0.6 is 12.4 Å². The van der Waals surface area contributed by atoms with Crippen molar-refractivity contribution in [2.24, 2.45) is 0 Å². The first-order valence-corrected chi connectivity index (χ1v) is 7.53. The number of halogens is 1. The van der Waals surface area contributed by atoms with E-state index in [1.807, 2.05) is 0 Å². The van der Waals surface area contributed by atoms with Crippen LogP contribution in [0.5, 0.6) is 5.75 Å². The van der Waals surface area contributed by atoms with E-state index in [1.54, 1.807) is 0 Å². The summed E-state index contributed by atoms with van der Waals surface area (Å²) in [5.74, 6) is 0.302. The lowest BCUT2D eigenvalue weighted by molar-refractivity contribution is -0.384. The zero-order valence-electron chi connectivity index (χ0n) is 12.6. The second-order valence-corrected chi connectivity index (χ2v) is 5.91. The van der Waals surface area contributed by atoms with Gasteiger partial charge in [0.1, 0.15) is 5.75 Å². The number of nitrogens with zero attached hydrogens (tertiary/aromatic N) is 1. The van der Waals surface area contributed by atoms with Crippen LogP contribution in [-0.4, -0.2) is 35.6 Å². The van der Waals surface area contributed by atoms with Crippen LogP contribution in [0, 0.1) is 10.1 Å². The second kappa shape index (κ2) is 7.61. The lowest BCUT2D eigenvalue weighted by atomic mass is 10.00. The van der Waals surface area contributed by atoms with Crippen LogP contribution in [0.15, 0.2) is 24.3 Å². The zero-order valence-corrected chi connectivity index (χ0v) is 13.4. The molecule has 2 heterocycles. The van der Waals surface area contributed by atoms with Crippen LogP contribution in [0.25, 0.3) is 0 Å². The van der Waals surface area contributed by atoms with E-state index >= 15 is 0 Å². The van der Waals surface area contributed by atoms with E-state index in [-0.39, 0.29) is 36.7 Å². The third-order valence-corrected chi connectivity index (χ3v) is 4.26. The van der Waals surface area contributed by atoms with Gasteiger partial charge < -0.3 is 15.4 Å². The number of hydrogen-bond donors (Lipinski definition) is 2. The SMILES string of the molecule is Cl.O=C(COc1ccc([N+](=O)[O-])cc1)NC1CC2CCC(C1)N2. The molecule has 0 saturated carbocycles. The van der Waals surface area contributed by atoms with Crippen LogP contribution in [-0.2, 0) is 4.79 Å². The molecule has 0 aromatic heterocycles. The molecule has 7 nitrogen and oxygen atoms in total. The van der Waals surface area contributed by atoms with Crippen molar-refractivity contribution in [3.05, 3.63) is 34.4 Å². The Bertz CT molecular complexity index is 554. The fourth-order valence-electron chi connectivity index (χ4n) is 3.26. The molecule has 2 saturated heterocycles. The van der Waals surface area contributed by atoms with Gasteiger partial charge in [-0.25, -0.2) is 0 Å². The molecule has 23 heavy (non-hydrogen) atoms. The van der Waals surface area contributed by atoms with Gasteiger partial charge in [-0.3, -0.25) is 14.9 Å². The smallest absolute Gasteiger partial charge is 0.269 e.